The van der Waals surface area contributed by atoms with Crippen LogP contribution in [0.3, 0.4) is 0 Å². The molecule has 1 atom stereocenters. The molecule has 3 aromatic rings. The molecule has 0 bridgehead atoms. The van der Waals surface area contributed by atoms with Crippen molar-refractivity contribution in [1.82, 2.24) is 24.2 Å². The standard InChI is InChI=1S/C36H44ClF3N6O5S/c1-33(2,3)51-32(49)46-22-23(21-34(46,4)5)9-7-18-41-26-11-6-12-28(42-26)52-44-30(47)24-13-14-27(43-29(24)37)45-19-8-10-25(31(45)48)50-20-17-35(15-16-35)36(38,39)40/h6,8,10-14,19,23H,7,9,15-18,20-22H2,1-5H3,(H,41,42)(H,44,47). The Morgan fingerprint density at radius 3 is 2.50 bits per heavy atom. The van der Waals surface area contributed by atoms with Crippen molar-refractivity contribution in [1.29, 1.82) is 0 Å². The molecule has 1 aliphatic carbocycles. The number of aromatic nitrogens is 3. The van der Waals surface area contributed by atoms with Gasteiger partial charge < -0.3 is 19.7 Å². The first-order chi connectivity index (χ1) is 24.4. The Labute approximate surface area is 310 Å². The number of nitrogens with zero attached hydrogens (tertiary/aromatic N) is 4. The van der Waals surface area contributed by atoms with Crippen molar-refractivity contribution in [3.8, 4) is 11.6 Å². The third-order valence-electron chi connectivity index (χ3n) is 9.17. The van der Waals surface area contributed by atoms with E-state index < -0.39 is 28.7 Å². The number of nitrogens with one attached hydrogen (secondary N) is 2. The zero-order valence-electron chi connectivity index (χ0n) is 29.8. The van der Waals surface area contributed by atoms with Gasteiger partial charge in [0.2, 0.25) is 0 Å². The van der Waals surface area contributed by atoms with Crippen LogP contribution in [0, 0.1) is 11.3 Å². The highest BCUT2D eigenvalue weighted by atomic mass is 35.5. The number of alkyl halides is 3. The molecule has 0 aromatic carbocycles. The minimum absolute atomic E-state index is 0.0557. The molecular formula is C36H44ClF3N6O5S. The second-order valence-corrected chi connectivity index (χ2v) is 16.1. The first kappa shape index (κ1) is 39.2. The van der Waals surface area contributed by atoms with Crippen molar-refractivity contribution in [3.63, 3.8) is 0 Å². The molecule has 2 amide bonds. The summed E-state index contributed by atoms with van der Waals surface area (Å²) in [7, 11) is 0. The van der Waals surface area contributed by atoms with Crippen molar-refractivity contribution < 1.29 is 32.2 Å². The SMILES string of the molecule is CC(C)(C)OC(=O)N1CC(CCCNc2cccc(SNC(=O)c3ccc(-n4cccc(OCCC5(C(F)(F)F)CC5)c4=O)nc3Cl)n2)CC1(C)C. The van der Waals surface area contributed by atoms with Gasteiger partial charge in [0.1, 0.15) is 27.4 Å². The van der Waals surface area contributed by atoms with Crippen LogP contribution in [0.4, 0.5) is 23.8 Å². The molecule has 282 valence electrons. The lowest BCUT2D eigenvalue weighted by molar-refractivity contribution is -0.190. The number of carbonyl (C=O) groups is 2. The Bertz CT molecular complexity index is 1830. The summed E-state index contributed by atoms with van der Waals surface area (Å²) in [6.45, 7) is 10.8. The van der Waals surface area contributed by atoms with Crippen LogP contribution in [0.25, 0.3) is 5.82 Å². The Morgan fingerprint density at radius 2 is 1.83 bits per heavy atom. The second-order valence-electron chi connectivity index (χ2n) is 14.9. The van der Waals surface area contributed by atoms with E-state index in [0.29, 0.717) is 29.9 Å². The largest absolute Gasteiger partial charge is 0.488 e. The maximum atomic E-state index is 13.2. The number of halogens is 4. The minimum Gasteiger partial charge on any atom is -0.488 e. The van der Waals surface area contributed by atoms with Crippen molar-refractivity contribution >= 4 is 41.4 Å². The average molecular weight is 765 g/mol. The van der Waals surface area contributed by atoms with Gasteiger partial charge in [0, 0.05) is 36.8 Å². The number of ether oxygens (including phenoxy) is 2. The molecule has 2 aliphatic rings. The molecule has 1 saturated carbocycles. The summed E-state index contributed by atoms with van der Waals surface area (Å²) in [6.07, 6.45) is -0.561. The van der Waals surface area contributed by atoms with Crippen molar-refractivity contribution in [2.75, 3.05) is 25.0 Å². The van der Waals surface area contributed by atoms with Gasteiger partial charge in [-0.2, -0.15) is 13.2 Å². The molecule has 2 N–H and O–H groups in total. The lowest BCUT2D eigenvalue weighted by Crippen LogP contribution is -2.45. The Hall–Kier alpha value is -3.98. The van der Waals surface area contributed by atoms with E-state index in [9.17, 15) is 27.6 Å². The highest BCUT2D eigenvalue weighted by Gasteiger charge is 2.62. The third kappa shape index (κ3) is 9.71. The molecule has 5 rings (SSSR count). The summed E-state index contributed by atoms with van der Waals surface area (Å²) in [6, 6.07) is 11.1. The predicted octanol–water partition coefficient (Wildman–Crippen LogP) is 8.06. The monoisotopic (exact) mass is 764 g/mol. The van der Waals surface area contributed by atoms with E-state index >= 15 is 0 Å². The lowest BCUT2D eigenvalue weighted by Gasteiger charge is -2.33. The van der Waals surface area contributed by atoms with Crippen molar-refractivity contribution in [2.24, 2.45) is 11.3 Å². The van der Waals surface area contributed by atoms with E-state index in [4.69, 9.17) is 21.1 Å². The van der Waals surface area contributed by atoms with Gasteiger partial charge >= 0.3 is 12.3 Å². The number of likely N-dealkylation sites (tertiary alicyclic amines) is 1. The van der Waals surface area contributed by atoms with Crippen LogP contribution >= 0.6 is 23.5 Å². The number of hydrogen-bond donors (Lipinski definition) is 2. The van der Waals surface area contributed by atoms with E-state index in [-0.39, 0.29) is 59.8 Å². The fourth-order valence-corrected chi connectivity index (χ4v) is 7.06. The maximum Gasteiger partial charge on any atom is 0.410 e. The third-order valence-corrected chi connectivity index (χ3v) is 10.2. The summed E-state index contributed by atoms with van der Waals surface area (Å²) in [5.74, 6) is 0.470. The van der Waals surface area contributed by atoms with Gasteiger partial charge in [-0.05, 0) is 115 Å². The Kier molecular flexibility index (Phi) is 11.7. The van der Waals surface area contributed by atoms with Gasteiger partial charge in [-0.3, -0.25) is 18.9 Å². The molecule has 0 spiro atoms. The van der Waals surface area contributed by atoms with Crippen LogP contribution in [0.1, 0.15) is 83.5 Å². The fraction of sp³-hybridized carbons (Fsp3) is 0.528. The predicted molar refractivity (Wildman–Crippen MR) is 193 cm³/mol. The highest BCUT2D eigenvalue weighted by molar-refractivity contribution is 7.97. The zero-order valence-corrected chi connectivity index (χ0v) is 31.4. The van der Waals surface area contributed by atoms with Crippen molar-refractivity contribution in [3.05, 3.63) is 69.7 Å². The number of pyridine rings is 3. The summed E-state index contributed by atoms with van der Waals surface area (Å²) in [4.78, 5) is 49.3. The van der Waals surface area contributed by atoms with Crippen LogP contribution in [0.5, 0.6) is 5.75 Å². The molecule has 4 heterocycles. The van der Waals surface area contributed by atoms with Crippen LogP contribution in [0.2, 0.25) is 5.15 Å². The van der Waals surface area contributed by atoms with E-state index in [2.05, 4.69) is 33.9 Å². The Morgan fingerprint density at radius 1 is 1.08 bits per heavy atom. The molecule has 1 unspecified atom stereocenters. The molecule has 0 radical (unpaired) electrons. The highest BCUT2D eigenvalue weighted by Crippen LogP contribution is 2.59. The molecule has 11 nitrogen and oxygen atoms in total. The van der Waals surface area contributed by atoms with Crippen LogP contribution in [-0.2, 0) is 4.74 Å². The first-order valence-electron chi connectivity index (χ1n) is 17.1. The average Bonchev–Trinajstić information content (AvgIpc) is 3.79. The van der Waals surface area contributed by atoms with Gasteiger partial charge in [0.15, 0.2) is 5.75 Å². The fourth-order valence-electron chi connectivity index (χ4n) is 6.22. The summed E-state index contributed by atoms with van der Waals surface area (Å²) in [5.41, 5.74) is -3.10. The van der Waals surface area contributed by atoms with E-state index in [1.54, 1.807) is 6.07 Å². The van der Waals surface area contributed by atoms with E-state index in [0.717, 1.165) is 35.8 Å². The van der Waals surface area contributed by atoms with Gasteiger partial charge in [0.05, 0.1) is 17.6 Å². The smallest absolute Gasteiger partial charge is 0.410 e. The van der Waals surface area contributed by atoms with Gasteiger partial charge in [-0.1, -0.05) is 17.7 Å². The van der Waals surface area contributed by atoms with Crippen LogP contribution in [0.15, 0.2) is 58.5 Å². The van der Waals surface area contributed by atoms with E-state index in [1.807, 2.05) is 37.8 Å². The molecular weight excluding hydrogens is 721 g/mol. The van der Waals surface area contributed by atoms with Gasteiger partial charge in [-0.25, -0.2) is 14.8 Å². The Balaban J connectivity index is 1.09. The number of amides is 2. The zero-order chi connectivity index (χ0) is 37.9. The minimum atomic E-state index is -4.30. The molecule has 3 aromatic heterocycles. The van der Waals surface area contributed by atoms with Crippen LogP contribution < -0.4 is 20.3 Å². The number of hydrogen-bond acceptors (Lipinski definition) is 9. The first-order valence-corrected chi connectivity index (χ1v) is 18.3. The molecule has 1 aliphatic heterocycles. The maximum absolute atomic E-state index is 13.2. The number of rotatable bonds is 13. The molecule has 1 saturated heterocycles. The van der Waals surface area contributed by atoms with Gasteiger partial charge in [0.25, 0.3) is 11.5 Å². The molecule has 52 heavy (non-hydrogen) atoms. The second kappa shape index (κ2) is 15.6. The normalized spacial score (nSPS) is 17.8. The molecule has 16 heteroatoms. The van der Waals surface area contributed by atoms with Gasteiger partial charge in [-0.15, -0.1) is 0 Å². The van der Waals surface area contributed by atoms with E-state index in [1.165, 1.54) is 30.5 Å². The van der Waals surface area contributed by atoms with Crippen molar-refractivity contribution in [2.45, 2.75) is 95.5 Å². The number of carbonyl (C=O) groups excluding carboxylic acids is 2. The summed E-state index contributed by atoms with van der Waals surface area (Å²) in [5, 5.41) is 3.71. The van der Waals surface area contributed by atoms with Crippen LogP contribution in [-0.4, -0.2) is 68.4 Å². The number of anilines is 1. The molecule has 2 fully saturated rings. The quantitative estimate of drug-likeness (QED) is 0.101. The summed E-state index contributed by atoms with van der Waals surface area (Å²) < 4.78 is 54.6. The summed E-state index contributed by atoms with van der Waals surface area (Å²) >= 11 is 7.36. The lowest BCUT2D eigenvalue weighted by atomic mass is 9.93. The topological polar surface area (TPSA) is 128 Å².